The molecule has 1 amide bonds. The van der Waals surface area contributed by atoms with Gasteiger partial charge in [0.2, 0.25) is 5.78 Å². The third kappa shape index (κ3) is 3.18. The van der Waals surface area contributed by atoms with Gasteiger partial charge in [0.1, 0.15) is 5.75 Å². The first-order chi connectivity index (χ1) is 13.9. The fourth-order valence-electron chi connectivity index (χ4n) is 3.71. The molecular weight excluding hydrogens is 370 g/mol. The van der Waals surface area contributed by atoms with Crippen molar-refractivity contribution in [3.05, 3.63) is 94.6 Å². The van der Waals surface area contributed by atoms with Crippen LogP contribution in [-0.2, 0) is 4.79 Å². The van der Waals surface area contributed by atoms with Gasteiger partial charge < -0.3 is 14.6 Å². The lowest BCUT2D eigenvalue weighted by Crippen LogP contribution is -2.31. The number of phenols is 1. The molecule has 0 bridgehead atoms. The van der Waals surface area contributed by atoms with E-state index in [0.717, 1.165) is 11.1 Å². The van der Waals surface area contributed by atoms with Gasteiger partial charge in [-0.25, -0.2) is 0 Å². The Hall–Kier alpha value is -3.80. The van der Waals surface area contributed by atoms with Gasteiger partial charge in [-0.2, -0.15) is 0 Å². The zero-order valence-corrected chi connectivity index (χ0v) is 15.9. The number of hydrogen-bond donors (Lipinski definition) is 2. The number of ketones is 1. The summed E-state index contributed by atoms with van der Waals surface area (Å²) < 4.78 is 5.21. The number of aromatic hydroxyl groups is 1. The standard InChI is InChI=1S/C23H19NO5/c1-13-10-14(2)12-16(11-13)24-20(15-5-7-17(25)8-6-15)19(22(27)23(24)28)21(26)18-4-3-9-29-18/h3-12,20,25,27H,1-2H3. The first-order valence-corrected chi connectivity index (χ1v) is 9.09. The van der Waals surface area contributed by atoms with Crippen LogP contribution >= 0.6 is 0 Å². The zero-order chi connectivity index (χ0) is 20.7. The number of aliphatic hydroxyl groups excluding tert-OH is 1. The molecule has 6 nitrogen and oxygen atoms in total. The van der Waals surface area contributed by atoms with Crippen LogP contribution in [0.1, 0.15) is 33.3 Å². The number of amides is 1. The highest BCUT2D eigenvalue weighted by molar-refractivity contribution is 6.20. The van der Waals surface area contributed by atoms with Crippen LogP contribution < -0.4 is 4.90 Å². The summed E-state index contributed by atoms with van der Waals surface area (Å²) in [5.41, 5.74) is 2.98. The first-order valence-electron chi connectivity index (χ1n) is 9.09. The Balaban J connectivity index is 1.90. The van der Waals surface area contributed by atoms with Crippen molar-refractivity contribution in [3.8, 4) is 5.75 Å². The van der Waals surface area contributed by atoms with Crippen molar-refractivity contribution in [1.29, 1.82) is 0 Å². The smallest absolute Gasteiger partial charge is 0.294 e. The summed E-state index contributed by atoms with van der Waals surface area (Å²) in [7, 11) is 0. The van der Waals surface area contributed by atoms with Crippen molar-refractivity contribution < 1.29 is 24.2 Å². The normalized spacial score (nSPS) is 16.6. The van der Waals surface area contributed by atoms with Crippen molar-refractivity contribution in [3.63, 3.8) is 0 Å². The number of anilines is 1. The lowest BCUT2D eigenvalue weighted by molar-refractivity contribution is -0.117. The summed E-state index contributed by atoms with van der Waals surface area (Å²) in [6.07, 6.45) is 1.36. The number of hydrogen-bond acceptors (Lipinski definition) is 5. The van der Waals surface area contributed by atoms with E-state index in [0.29, 0.717) is 11.3 Å². The van der Waals surface area contributed by atoms with Gasteiger partial charge in [0.05, 0.1) is 17.9 Å². The molecule has 2 heterocycles. The Morgan fingerprint density at radius 3 is 2.24 bits per heavy atom. The minimum Gasteiger partial charge on any atom is -0.508 e. The largest absolute Gasteiger partial charge is 0.508 e. The Bertz CT molecular complexity index is 1110. The van der Waals surface area contributed by atoms with Gasteiger partial charge in [0.15, 0.2) is 11.5 Å². The average Bonchev–Trinajstić information content (AvgIpc) is 3.29. The van der Waals surface area contributed by atoms with Crippen LogP contribution in [0.4, 0.5) is 5.69 Å². The molecule has 0 aliphatic carbocycles. The summed E-state index contributed by atoms with van der Waals surface area (Å²) in [6.45, 7) is 3.82. The minimum atomic E-state index is -0.859. The van der Waals surface area contributed by atoms with E-state index in [2.05, 4.69) is 0 Å². The molecule has 1 aromatic heterocycles. The number of rotatable bonds is 4. The van der Waals surface area contributed by atoms with Gasteiger partial charge in [0.25, 0.3) is 5.91 Å². The van der Waals surface area contributed by atoms with E-state index in [1.165, 1.54) is 29.4 Å². The maximum atomic E-state index is 13.1. The van der Waals surface area contributed by atoms with E-state index in [4.69, 9.17) is 4.42 Å². The minimum absolute atomic E-state index is 0.0328. The van der Waals surface area contributed by atoms with Crippen molar-refractivity contribution in [2.45, 2.75) is 19.9 Å². The molecule has 4 rings (SSSR count). The third-order valence-electron chi connectivity index (χ3n) is 4.89. The number of carbonyl (C=O) groups excluding carboxylic acids is 2. The number of aliphatic hydroxyl groups is 1. The van der Waals surface area contributed by atoms with Crippen molar-refractivity contribution in [2.24, 2.45) is 0 Å². The van der Waals surface area contributed by atoms with Gasteiger partial charge in [-0.05, 0) is 66.9 Å². The number of nitrogens with zero attached hydrogens (tertiary/aromatic N) is 1. The molecule has 3 aromatic rings. The second kappa shape index (κ2) is 6.98. The molecule has 0 spiro atoms. The Kier molecular flexibility index (Phi) is 4.47. The zero-order valence-electron chi connectivity index (χ0n) is 15.9. The highest BCUT2D eigenvalue weighted by Crippen LogP contribution is 2.42. The highest BCUT2D eigenvalue weighted by atomic mass is 16.3. The van der Waals surface area contributed by atoms with E-state index in [9.17, 15) is 19.8 Å². The molecule has 0 radical (unpaired) electrons. The Morgan fingerprint density at radius 2 is 1.66 bits per heavy atom. The van der Waals surface area contributed by atoms with Crippen LogP contribution in [0.25, 0.3) is 0 Å². The number of benzene rings is 2. The van der Waals surface area contributed by atoms with E-state index < -0.39 is 23.5 Å². The summed E-state index contributed by atoms with van der Waals surface area (Å²) >= 11 is 0. The molecule has 146 valence electrons. The topological polar surface area (TPSA) is 91.0 Å². The van der Waals surface area contributed by atoms with Crippen LogP contribution in [0.3, 0.4) is 0 Å². The van der Waals surface area contributed by atoms with Crippen molar-refractivity contribution in [1.82, 2.24) is 0 Å². The summed E-state index contributed by atoms with van der Waals surface area (Å²) in [5, 5.41) is 20.3. The number of furan rings is 1. The van der Waals surface area contributed by atoms with E-state index >= 15 is 0 Å². The monoisotopic (exact) mass is 389 g/mol. The van der Waals surface area contributed by atoms with Gasteiger partial charge >= 0.3 is 0 Å². The second-order valence-electron chi connectivity index (χ2n) is 7.08. The molecule has 2 N–H and O–H groups in total. The lowest BCUT2D eigenvalue weighted by Gasteiger charge is -2.27. The SMILES string of the molecule is Cc1cc(C)cc(N2C(=O)C(O)=C(C(=O)c3ccco3)C2c2ccc(O)cc2)c1. The van der Waals surface area contributed by atoms with Gasteiger partial charge in [-0.3, -0.25) is 14.5 Å². The molecule has 0 saturated carbocycles. The van der Waals surface area contributed by atoms with E-state index in [1.54, 1.807) is 18.2 Å². The highest BCUT2D eigenvalue weighted by Gasteiger charge is 2.45. The summed E-state index contributed by atoms with van der Waals surface area (Å²) in [5.74, 6) is -1.74. The summed E-state index contributed by atoms with van der Waals surface area (Å²) in [6, 6.07) is 14.0. The molecule has 0 saturated heterocycles. The van der Waals surface area contributed by atoms with E-state index in [-0.39, 0.29) is 17.1 Å². The molecule has 1 atom stereocenters. The number of Topliss-reactive ketones (excluding diaryl/α,β-unsaturated/α-hetero) is 1. The fraction of sp³-hybridized carbons (Fsp3) is 0.130. The first kappa shape index (κ1) is 18.6. The van der Waals surface area contributed by atoms with Gasteiger partial charge in [0, 0.05) is 5.69 Å². The molecule has 1 aliphatic rings. The predicted octanol–water partition coefficient (Wildman–Crippen LogP) is 4.38. The maximum absolute atomic E-state index is 13.1. The summed E-state index contributed by atoms with van der Waals surface area (Å²) in [4.78, 5) is 27.5. The predicted molar refractivity (Wildman–Crippen MR) is 107 cm³/mol. The Morgan fingerprint density at radius 1 is 1.00 bits per heavy atom. The number of phenolic OH excluding ortho intramolecular Hbond substituents is 1. The quantitative estimate of drug-likeness (QED) is 0.646. The maximum Gasteiger partial charge on any atom is 0.294 e. The van der Waals surface area contributed by atoms with Crippen molar-refractivity contribution in [2.75, 3.05) is 4.90 Å². The molecule has 29 heavy (non-hydrogen) atoms. The molecule has 6 heteroatoms. The van der Waals surface area contributed by atoms with Crippen LogP contribution in [-0.4, -0.2) is 21.9 Å². The third-order valence-corrected chi connectivity index (χ3v) is 4.89. The molecule has 2 aromatic carbocycles. The Labute approximate surface area is 167 Å². The molecule has 1 aliphatic heterocycles. The number of aryl methyl sites for hydroxylation is 2. The van der Waals surface area contributed by atoms with Crippen molar-refractivity contribution >= 4 is 17.4 Å². The molecule has 1 unspecified atom stereocenters. The second-order valence-corrected chi connectivity index (χ2v) is 7.08. The van der Waals surface area contributed by atoms with Crippen LogP contribution in [0.5, 0.6) is 5.75 Å². The van der Waals surface area contributed by atoms with Crippen LogP contribution in [0.15, 0.2) is 76.6 Å². The fourth-order valence-corrected chi connectivity index (χ4v) is 3.71. The van der Waals surface area contributed by atoms with Crippen LogP contribution in [0.2, 0.25) is 0 Å². The van der Waals surface area contributed by atoms with Crippen LogP contribution in [0, 0.1) is 13.8 Å². The molecule has 0 fully saturated rings. The molecular formula is C23H19NO5. The van der Waals surface area contributed by atoms with Gasteiger partial charge in [-0.1, -0.05) is 18.2 Å². The number of carbonyl (C=O) groups is 2. The lowest BCUT2D eigenvalue weighted by atomic mass is 9.94. The van der Waals surface area contributed by atoms with E-state index in [1.807, 2.05) is 32.0 Å². The van der Waals surface area contributed by atoms with Gasteiger partial charge in [-0.15, -0.1) is 0 Å². The average molecular weight is 389 g/mol.